The van der Waals surface area contributed by atoms with E-state index in [1.165, 1.54) is 21.5 Å². The van der Waals surface area contributed by atoms with E-state index in [0.29, 0.717) is 29.7 Å². The molecule has 1 saturated heterocycles. The van der Waals surface area contributed by atoms with Gasteiger partial charge in [-0.05, 0) is 46.2 Å². The Morgan fingerprint density at radius 1 is 1.35 bits per heavy atom. The maximum absolute atomic E-state index is 13.5. The highest BCUT2D eigenvalue weighted by molar-refractivity contribution is 7.89. The van der Waals surface area contributed by atoms with E-state index in [1.54, 1.807) is 40.0 Å². The summed E-state index contributed by atoms with van der Waals surface area (Å²) in [4.78, 5) is 18.1. The van der Waals surface area contributed by atoms with E-state index in [2.05, 4.69) is 4.98 Å². The molecule has 1 aromatic carbocycles. The first-order valence-corrected chi connectivity index (χ1v) is 11.9. The molecule has 2 heterocycles. The highest BCUT2D eigenvalue weighted by Gasteiger charge is 2.37. The van der Waals surface area contributed by atoms with Gasteiger partial charge in [-0.3, -0.25) is 0 Å². The van der Waals surface area contributed by atoms with E-state index in [1.807, 2.05) is 6.92 Å². The molecule has 1 aromatic heterocycles. The summed E-state index contributed by atoms with van der Waals surface area (Å²) in [7, 11) is -2.23. The number of likely N-dealkylation sites (N-methyl/N-ethyl adjacent to an activating group) is 1. The van der Waals surface area contributed by atoms with Crippen LogP contribution in [0.15, 0.2) is 29.3 Å². The van der Waals surface area contributed by atoms with Gasteiger partial charge in [0, 0.05) is 37.0 Å². The molecule has 8 nitrogen and oxygen atoms in total. The van der Waals surface area contributed by atoms with Gasteiger partial charge in [-0.1, -0.05) is 17.7 Å². The van der Waals surface area contributed by atoms with Crippen molar-refractivity contribution in [1.82, 2.24) is 14.2 Å². The highest BCUT2D eigenvalue weighted by atomic mass is 35.5. The fourth-order valence-corrected chi connectivity index (χ4v) is 5.57. The third-order valence-electron chi connectivity index (χ3n) is 5.04. The summed E-state index contributed by atoms with van der Waals surface area (Å²) in [5.74, 6) is 0.336. The van der Waals surface area contributed by atoms with E-state index in [9.17, 15) is 13.2 Å². The van der Waals surface area contributed by atoms with Gasteiger partial charge >= 0.3 is 6.09 Å². The number of nitrogens with zero attached hydrogens (tertiary/aromatic N) is 3. The first-order chi connectivity index (χ1) is 14.5. The average molecular weight is 470 g/mol. The number of carbonyl (C=O) groups is 1. The lowest BCUT2D eigenvalue weighted by atomic mass is 10.2. The monoisotopic (exact) mass is 469 g/mol. The molecule has 0 spiro atoms. The lowest BCUT2D eigenvalue weighted by Crippen LogP contribution is -2.42. The molecule has 0 bridgehead atoms. The zero-order chi connectivity index (χ0) is 23.0. The predicted molar refractivity (Wildman–Crippen MR) is 119 cm³/mol. The summed E-state index contributed by atoms with van der Waals surface area (Å²) in [6, 6.07) is 4.64. The number of amides is 1. The van der Waals surface area contributed by atoms with Gasteiger partial charge in [0.2, 0.25) is 15.9 Å². The molecule has 10 heteroatoms. The van der Waals surface area contributed by atoms with Crippen LogP contribution in [0.5, 0.6) is 5.88 Å². The van der Waals surface area contributed by atoms with Crippen LogP contribution in [0.1, 0.15) is 34.1 Å². The van der Waals surface area contributed by atoms with Crippen molar-refractivity contribution in [2.24, 2.45) is 0 Å². The van der Waals surface area contributed by atoms with Crippen molar-refractivity contribution in [3.05, 3.63) is 29.4 Å². The van der Waals surface area contributed by atoms with E-state index in [4.69, 9.17) is 21.1 Å². The molecule has 1 aliphatic rings. The minimum atomic E-state index is -3.86. The van der Waals surface area contributed by atoms with Crippen LogP contribution in [0.3, 0.4) is 0 Å². The molecule has 31 heavy (non-hydrogen) atoms. The lowest BCUT2D eigenvalue weighted by molar-refractivity contribution is 0.0232. The number of pyridine rings is 1. The third kappa shape index (κ3) is 4.88. The van der Waals surface area contributed by atoms with Crippen LogP contribution in [0.2, 0.25) is 5.02 Å². The SMILES string of the molecule is CCOc1ncc(Cl)c2c(S(=O)(=O)N3CCC(N(C)C(=O)OC(C)(C)C)C3)cccc12. The molecule has 0 radical (unpaired) electrons. The van der Waals surface area contributed by atoms with Crippen LogP contribution in [0.25, 0.3) is 10.8 Å². The predicted octanol–water partition coefficient (Wildman–Crippen LogP) is 3.92. The molecule has 0 saturated carbocycles. The Labute approximate surface area is 188 Å². The van der Waals surface area contributed by atoms with Crippen molar-refractivity contribution in [3.8, 4) is 5.88 Å². The summed E-state index contributed by atoms with van der Waals surface area (Å²) in [6.45, 7) is 8.06. The van der Waals surface area contributed by atoms with Gasteiger partial charge in [-0.2, -0.15) is 4.31 Å². The van der Waals surface area contributed by atoms with Crippen LogP contribution < -0.4 is 4.74 Å². The van der Waals surface area contributed by atoms with Crippen LogP contribution >= 0.6 is 11.6 Å². The van der Waals surface area contributed by atoms with Gasteiger partial charge in [0.05, 0.1) is 22.7 Å². The van der Waals surface area contributed by atoms with Crippen molar-refractivity contribution in [1.29, 1.82) is 0 Å². The first-order valence-electron chi connectivity index (χ1n) is 10.1. The van der Waals surface area contributed by atoms with Crippen molar-refractivity contribution >= 4 is 38.5 Å². The molecule has 0 N–H and O–H groups in total. The minimum absolute atomic E-state index is 0.0962. The van der Waals surface area contributed by atoms with Gasteiger partial charge in [0.1, 0.15) is 5.60 Å². The fraction of sp³-hybridized carbons (Fsp3) is 0.524. The normalized spacial score (nSPS) is 17.7. The summed E-state index contributed by atoms with van der Waals surface area (Å²) in [6.07, 6.45) is 1.44. The van der Waals surface area contributed by atoms with Gasteiger partial charge < -0.3 is 14.4 Å². The second kappa shape index (κ2) is 8.80. The van der Waals surface area contributed by atoms with Gasteiger partial charge in [0.15, 0.2) is 0 Å². The Kier molecular flexibility index (Phi) is 6.69. The van der Waals surface area contributed by atoms with Gasteiger partial charge in [0.25, 0.3) is 0 Å². The molecule has 1 aliphatic heterocycles. The van der Waals surface area contributed by atoms with E-state index in [-0.39, 0.29) is 29.0 Å². The number of hydrogen-bond acceptors (Lipinski definition) is 6. The number of hydrogen-bond donors (Lipinski definition) is 0. The summed E-state index contributed by atoms with van der Waals surface area (Å²) < 4.78 is 39.3. The maximum atomic E-state index is 13.5. The Morgan fingerprint density at radius 3 is 2.71 bits per heavy atom. The summed E-state index contributed by atoms with van der Waals surface area (Å²) in [5, 5.41) is 1.16. The number of sulfonamides is 1. The number of halogens is 1. The van der Waals surface area contributed by atoms with Crippen molar-refractivity contribution < 1.29 is 22.7 Å². The standard InChI is InChI=1S/C21H28ClN3O5S/c1-6-29-19-15-8-7-9-17(18(15)16(22)12-23-19)31(27,28)25-11-10-14(13-25)24(5)20(26)30-21(2,3)4/h7-9,12,14H,6,10-11,13H2,1-5H3. The van der Waals surface area contributed by atoms with E-state index < -0.39 is 21.7 Å². The second-order valence-electron chi connectivity index (χ2n) is 8.42. The van der Waals surface area contributed by atoms with Gasteiger partial charge in [-0.25, -0.2) is 18.2 Å². The topological polar surface area (TPSA) is 89.0 Å². The van der Waals surface area contributed by atoms with Crippen LogP contribution in [-0.4, -0.2) is 67.1 Å². The number of ether oxygens (including phenoxy) is 2. The number of benzene rings is 1. The fourth-order valence-electron chi connectivity index (χ4n) is 3.54. The summed E-state index contributed by atoms with van der Waals surface area (Å²) >= 11 is 6.36. The Balaban J connectivity index is 1.90. The molecule has 1 amide bonds. The number of carbonyl (C=O) groups excluding carboxylic acids is 1. The van der Waals surface area contributed by atoms with Crippen molar-refractivity contribution in [2.45, 2.75) is 50.7 Å². The molecule has 0 aliphatic carbocycles. The minimum Gasteiger partial charge on any atom is -0.478 e. The molecule has 2 aromatic rings. The van der Waals surface area contributed by atoms with Crippen molar-refractivity contribution in [3.63, 3.8) is 0 Å². The van der Waals surface area contributed by atoms with Crippen molar-refractivity contribution in [2.75, 3.05) is 26.7 Å². The molecule has 1 unspecified atom stereocenters. The highest BCUT2D eigenvalue weighted by Crippen LogP contribution is 2.36. The zero-order valence-corrected chi connectivity index (χ0v) is 20.0. The van der Waals surface area contributed by atoms with E-state index in [0.717, 1.165) is 0 Å². The Hall–Kier alpha value is -2.10. The number of fused-ring (bicyclic) bond motifs is 1. The molecule has 1 fully saturated rings. The van der Waals surface area contributed by atoms with Crippen LogP contribution in [0.4, 0.5) is 4.79 Å². The second-order valence-corrected chi connectivity index (χ2v) is 10.7. The smallest absolute Gasteiger partial charge is 0.410 e. The molecular weight excluding hydrogens is 442 g/mol. The molecule has 3 rings (SSSR count). The molecule has 170 valence electrons. The number of rotatable bonds is 5. The largest absolute Gasteiger partial charge is 0.478 e. The maximum Gasteiger partial charge on any atom is 0.410 e. The van der Waals surface area contributed by atoms with Crippen LogP contribution in [-0.2, 0) is 14.8 Å². The van der Waals surface area contributed by atoms with E-state index >= 15 is 0 Å². The summed E-state index contributed by atoms with van der Waals surface area (Å²) in [5.41, 5.74) is -0.623. The van der Waals surface area contributed by atoms with Gasteiger partial charge in [-0.15, -0.1) is 0 Å². The van der Waals surface area contributed by atoms with Crippen LogP contribution in [0, 0.1) is 0 Å². The Bertz CT molecular complexity index is 1080. The lowest BCUT2D eigenvalue weighted by Gasteiger charge is -2.28. The average Bonchev–Trinajstić information content (AvgIpc) is 3.19. The third-order valence-corrected chi connectivity index (χ3v) is 7.24. The quantitative estimate of drug-likeness (QED) is 0.659. The molecular formula is C21H28ClN3O5S. The Morgan fingerprint density at radius 2 is 2.06 bits per heavy atom. The zero-order valence-electron chi connectivity index (χ0n) is 18.4. The number of aromatic nitrogens is 1. The molecule has 1 atom stereocenters. The first kappa shape index (κ1) is 23.6.